The largest absolute Gasteiger partial charge is 0.330 e. The van der Waals surface area contributed by atoms with Crippen molar-refractivity contribution in [3.05, 3.63) is 0 Å². The molecule has 0 aromatic heterocycles. The summed E-state index contributed by atoms with van der Waals surface area (Å²) in [6, 6.07) is 0.605. The Bertz CT molecular complexity index is 299. The number of carbonyl (C=O) groups is 1. The molecule has 0 aromatic carbocycles. The van der Waals surface area contributed by atoms with Gasteiger partial charge < -0.3 is 15.5 Å². The number of hydrogen-bond donors (Lipinski definition) is 1. The van der Waals surface area contributed by atoms with Crippen LogP contribution in [0.1, 0.15) is 39.5 Å². The molecule has 1 atom stereocenters. The molecule has 1 saturated heterocycles. The van der Waals surface area contributed by atoms with Crippen molar-refractivity contribution in [3.8, 4) is 0 Å². The van der Waals surface area contributed by atoms with E-state index in [2.05, 4.69) is 13.8 Å². The van der Waals surface area contributed by atoms with Gasteiger partial charge in [-0.2, -0.15) is 0 Å². The molecule has 2 fully saturated rings. The number of rotatable bonds is 4. The van der Waals surface area contributed by atoms with Gasteiger partial charge in [-0.05, 0) is 45.6 Å². The molecule has 17 heavy (non-hydrogen) atoms. The van der Waals surface area contributed by atoms with Crippen molar-refractivity contribution < 1.29 is 4.79 Å². The SMILES string of the molecule is CN1C(=O)N(C(C)(C)CCN)CC1C1CCC1. The quantitative estimate of drug-likeness (QED) is 0.811. The second-order valence-corrected chi connectivity index (χ2v) is 6.11. The molecule has 2 N–H and O–H groups in total. The van der Waals surface area contributed by atoms with Crippen LogP contribution in [0.2, 0.25) is 0 Å². The lowest BCUT2D eigenvalue weighted by molar-refractivity contribution is 0.145. The van der Waals surface area contributed by atoms with Crippen LogP contribution in [-0.4, -0.2) is 47.5 Å². The van der Waals surface area contributed by atoms with E-state index in [1.165, 1.54) is 19.3 Å². The van der Waals surface area contributed by atoms with Gasteiger partial charge in [-0.15, -0.1) is 0 Å². The number of nitrogens with two attached hydrogens (primary N) is 1. The molecule has 1 aliphatic heterocycles. The first-order valence-electron chi connectivity index (χ1n) is 6.72. The number of carbonyl (C=O) groups excluding carboxylic acids is 1. The number of nitrogens with zero attached hydrogens (tertiary/aromatic N) is 2. The minimum atomic E-state index is -0.113. The molecule has 1 unspecified atom stereocenters. The van der Waals surface area contributed by atoms with Gasteiger partial charge >= 0.3 is 6.03 Å². The first-order valence-corrected chi connectivity index (χ1v) is 6.72. The maximum absolute atomic E-state index is 12.3. The smallest absolute Gasteiger partial charge is 0.320 e. The van der Waals surface area contributed by atoms with Crippen LogP contribution in [0.3, 0.4) is 0 Å². The molecule has 2 aliphatic rings. The summed E-state index contributed by atoms with van der Waals surface area (Å²) in [5.74, 6) is 0.725. The highest BCUT2D eigenvalue weighted by molar-refractivity contribution is 5.77. The summed E-state index contributed by atoms with van der Waals surface area (Å²) in [5.41, 5.74) is 5.53. The Kier molecular flexibility index (Phi) is 3.34. The topological polar surface area (TPSA) is 49.6 Å². The average molecular weight is 239 g/mol. The monoisotopic (exact) mass is 239 g/mol. The second-order valence-electron chi connectivity index (χ2n) is 6.11. The van der Waals surface area contributed by atoms with Gasteiger partial charge in [0.15, 0.2) is 0 Å². The van der Waals surface area contributed by atoms with Crippen LogP contribution in [0.15, 0.2) is 0 Å². The van der Waals surface area contributed by atoms with Crippen molar-refractivity contribution in [2.24, 2.45) is 11.7 Å². The van der Waals surface area contributed by atoms with E-state index in [0.717, 1.165) is 18.9 Å². The molecule has 0 aromatic rings. The van der Waals surface area contributed by atoms with E-state index in [9.17, 15) is 4.79 Å². The number of amides is 2. The van der Waals surface area contributed by atoms with Gasteiger partial charge in [-0.3, -0.25) is 0 Å². The molecule has 1 saturated carbocycles. The summed E-state index contributed by atoms with van der Waals surface area (Å²) < 4.78 is 0. The van der Waals surface area contributed by atoms with Crippen molar-refractivity contribution in [1.29, 1.82) is 0 Å². The molecule has 1 aliphatic carbocycles. The van der Waals surface area contributed by atoms with Gasteiger partial charge in [0.1, 0.15) is 0 Å². The van der Waals surface area contributed by atoms with Crippen molar-refractivity contribution in [3.63, 3.8) is 0 Å². The minimum absolute atomic E-state index is 0.113. The van der Waals surface area contributed by atoms with E-state index in [0.29, 0.717) is 12.6 Å². The van der Waals surface area contributed by atoms with Crippen LogP contribution in [0.5, 0.6) is 0 Å². The molecule has 4 heteroatoms. The summed E-state index contributed by atoms with van der Waals surface area (Å²) in [4.78, 5) is 16.3. The lowest BCUT2D eigenvalue weighted by Crippen LogP contribution is -2.47. The highest BCUT2D eigenvalue weighted by Gasteiger charge is 2.45. The van der Waals surface area contributed by atoms with Crippen molar-refractivity contribution >= 4 is 6.03 Å². The fraction of sp³-hybridized carbons (Fsp3) is 0.923. The Labute approximate surface area is 104 Å². The van der Waals surface area contributed by atoms with Crippen molar-refractivity contribution in [2.75, 3.05) is 20.1 Å². The van der Waals surface area contributed by atoms with Gasteiger partial charge in [-0.25, -0.2) is 4.79 Å². The predicted octanol–water partition coefficient (Wildman–Crippen LogP) is 1.65. The molecule has 98 valence electrons. The van der Waals surface area contributed by atoms with Gasteiger partial charge in [0.25, 0.3) is 0 Å². The summed E-state index contributed by atoms with van der Waals surface area (Å²) in [5, 5.41) is 0. The molecule has 2 rings (SSSR count). The molecule has 1 heterocycles. The predicted molar refractivity (Wildman–Crippen MR) is 68.7 cm³/mol. The van der Waals surface area contributed by atoms with E-state index in [-0.39, 0.29) is 11.6 Å². The fourth-order valence-electron chi connectivity index (χ4n) is 3.00. The normalized spacial score (nSPS) is 26.6. The van der Waals surface area contributed by atoms with Gasteiger partial charge in [0, 0.05) is 19.1 Å². The molecule has 4 nitrogen and oxygen atoms in total. The van der Waals surface area contributed by atoms with Gasteiger partial charge in [-0.1, -0.05) is 6.42 Å². The number of likely N-dealkylation sites (N-methyl/N-ethyl adjacent to an activating group) is 1. The van der Waals surface area contributed by atoms with Crippen LogP contribution < -0.4 is 5.73 Å². The molecule has 2 amide bonds. The third kappa shape index (κ3) is 2.15. The molecular formula is C13H25N3O. The molecule has 0 spiro atoms. The third-order valence-electron chi connectivity index (χ3n) is 4.58. The summed E-state index contributed by atoms with van der Waals surface area (Å²) in [7, 11) is 1.95. The molecular weight excluding hydrogens is 214 g/mol. The van der Waals surface area contributed by atoms with Crippen LogP contribution >= 0.6 is 0 Å². The zero-order valence-electron chi connectivity index (χ0n) is 11.3. The number of hydrogen-bond acceptors (Lipinski definition) is 2. The van der Waals surface area contributed by atoms with E-state index < -0.39 is 0 Å². The lowest BCUT2D eigenvalue weighted by Gasteiger charge is -2.36. The Morgan fingerprint density at radius 3 is 2.53 bits per heavy atom. The van der Waals surface area contributed by atoms with Crippen LogP contribution in [0.4, 0.5) is 4.79 Å². The van der Waals surface area contributed by atoms with E-state index >= 15 is 0 Å². The standard InChI is InChI=1S/C13H25N3O/c1-13(2,7-8-14)16-9-11(10-5-4-6-10)15(3)12(16)17/h10-11H,4-9,14H2,1-3H3. The Morgan fingerprint density at radius 2 is 2.06 bits per heavy atom. The third-order valence-corrected chi connectivity index (χ3v) is 4.58. The van der Waals surface area contributed by atoms with E-state index in [1.807, 2.05) is 16.8 Å². The Hall–Kier alpha value is -0.770. The highest BCUT2D eigenvalue weighted by atomic mass is 16.2. The van der Waals surface area contributed by atoms with E-state index in [4.69, 9.17) is 5.73 Å². The first-order chi connectivity index (χ1) is 7.97. The summed E-state index contributed by atoms with van der Waals surface area (Å²) in [6.45, 7) is 5.76. The van der Waals surface area contributed by atoms with E-state index in [1.54, 1.807) is 0 Å². The van der Waals surface area contributed by atoms with Crippen molar-refractivity contribution in [2.45, 2.75) is 51.1 Å². The Morgan fingerprint density at radius 1 is 1.41 bits per heavy atom. The summed E-state index contributed by atoms with van der Waals surface area (Å²) >= 11 is 0. The maximum Gasteiger partial charge on any atom is 0.320 e. The zero-order valence-corrected chi connectivity index (χ0v) is 11.3. The van der Waals surface area contributed by atoms with Gasteiger partial charge in [0.05, 0.1) is 6.04 Å². The minimum Gasteiger partial charge on any atom is -0.330 e. The second kappa shape index (κ2) is 4.48. The fourth-order valence-corrected chi connectivity index (χ4v) is 3.00. The van der Waals surface area contributed by atoms with Gasteiger partial charge in [0.2, 0.25) is 0 Å². The Balaban J connectivity index is 2.07. The van der Waals surface area contributed by atoms with Crippen molar-refractivity contribution in [1.82, 2.24) is 9.80 Å². The number of urea groups is 1. The van der Waals surface area contributed by atoms with Crippen LogP contribution in [0.25, 0.3) is 0 Å². The summed E-state index contributed by atoms with van der Waals surface area (Å²) in [6.07, 6.45) is 4.76. The molecule has 0 bridgehead atoms. The molecule has 0 radical (unpaired) electrons. The first kappa shape index (κ1) is 12.7. The van der Waals surface area contributed by atoms with Crippen LogP contribution in [0, 0.1) is 5.92 Å². The zero-order chi connectivity index (χ0) is 12.6. The van der Waals surface area contributed by atoms with Crippen LogP contribution in [-0.2, 0) is 0 Å². The average Bonchev–Trinajstić information content (AvgIpc) is 2.44. The highest BCUT2D eigenvalue weighted by Crippen LogP contribution is 2.37. The lowest BCUT2D eigenvalue weighted by atomic mass is 9.79. The maximum atomic E-state index is 12.3.